The number of methoxy groups -OCH3 is 1. The summed E-state index contributed by atoms with van der Waals surface area (Å²) in [7, 11) is 1.34. The Balaban J connectivity index is 1.87. The van der Waals surface area contributed by atoms with Crippen LogP contribution in [0.4, 0.5) is 0 Å². The van der Waals surface area contributed by atoms with E-state index in [-0.39, 0.29) is 6.61 Å². The van der Waals surface area contributed by atoms with Crippen molar-refractivity contribution in [2.24, 2.45) is 0 Å². The van der Waals surface area contributed by atoms with Crippen LogP contribution < -0.4 is 0 Å². The highest BCUT2D eigenvalue weighted by molar-refractivity contribution is 5.68. The van der Waals surface area contributed by atoms with Crippen molar-refractivity contribution in [3.05, 3.63) is 0 Å². The molecule has 36 heavy (non-hydrogen) atoms. The van der Waals surface area contributed by atoms with Crippen LogP contribution in [-0.4, -0.2) is 98.0 Å². The molecule has 0 aromatic rings. The first-order chi connectivity index (χ1) is 16.7. The summed E-state index contributed by atoms with van der Waals surface area (Å²) in [5.74, 6) is -4.13. The summed E-state index contributed by atoms with van der Waals surface area (Å²) in [5, 5.41) is 0. The number of esters is 3. The van der Waals surface area contributed by atoms with Gasteiger partial charge in [-0.15, -0.1) is 0 Å². The minimum Gasteiger partial charge on any atom is -0.455 e. The van der Waals surface area contributed by atoms with Crippen LogP contribution in [0.3, 0.4) is 0 Å². The Morgan fingerprint density at radius 2 is 1.36 bits per heavy atom. The molecule has 4 heterocycles. The summed E-state index contributed by atoms with van der Waals surface area (Å²) in [4.78, 5) is 36.6. The Hall–Kier alpha value is -1.87. The summed E-state index contributed by atoms with van der Waals surface area (Å²) < 4.78 is 59.2. The van der Waals surface area contributed by atoms with Crippen molar-refractivity contribution in [1.29, 1.82) is 0 Å². The second-order valence-corrected chi connectivity index (χ2v) is 10.1. The summed E-state index contributed by atoms with van der Waals surface area (Å²) in [6.45, 7) is 10.5. The van der Waals surface area contributed by atoms with Gasteiger partial charge in [-0.2, -0.15) is 0 Å². The van der Waals surface area contributed by atoms with Gasteiger partial charge in [0.05, 0.1) is 6.61 Å². The van der Waals surface area contributed by atoms with Gasteiger partial charge in [0, 0.05) is 27.9 Å². The number of hydrogen-bond acceptors (Lipinski definition) is 13. The first-order valence-electron chi connectivity index (χ1n) is 11.7. The highest BCUT2D eigenvalue weighted by atomic mass is 16.9. The van der Waals surface area contributed by atoms with Crippen LogP contribution in [0.1, 0.15) is 48.5 Å². The number of rotatable bonds is 5. The molecule has 13 heteroatoms. The molecule has 4 saturated heterocycles. The monoisotopic (exact) mass is 518 g/mol. The lowest BCUT2D eigenvalue weighted by Gasteiger charge is -2.52. The number of fused-ring (bicyclic) bond motifs is 2. The zero-order chi connectivity index (χ0) is 26.6. The Labute approximate surface area is 208 Å². The van der Waals surface area contributed by atoms with Gasteiger partial charge in [0.25, 0.3) is 0 Å². The first kappa shape index (κ1) is 27.2. The Morgan fingerprint density at radius 3 is 1.89 bits per heavy atom. The highest BCUT2D eigenvalue weighted by Gasteiger charge is 2.76. The minimum absolute atomic E-state index is 0.113. The second-order valence-electron chi connectivity index (χ2n) is 10.1. The molecule has 9 atom stereocenters. The Bertz CT molecular complexity index is 887. The van der Waals surface area contributed by atoms with Crippen LogP contribution in [0.15, 0.2) is 0 Å². The molecule has 0 aliphatic carbocycles. The summed E-state index contributed by atoms with van der Waals surface area (Å²) in [6.07, 6.45) is -8.93. The van der Waals surface area contributed by atoms with E-state index >= 15 is 0 Å². The van der Waals surface area contributed by atoms with Gasteiger partial charge in [-0.25, -0.2) is 0 Å². The third-order valence-corrected chi connectivity index (χ3v) is 6.38. The van der Waals surface area contributed by atoms with Crippen LogP contribution in [0.25, 0.3) is 0 Å². The fourth-order valence-electron chi connectivity index (χ4n) is 5.32. The van der Waals surface area contributed by atoms with Crippen molar-refractivity contribution >= 4 is 17.9 Å². The van der Waals surface area contributed by atoms with Crippen LogP contribution in [0, 0.1) is 0 Å². The normalized spacial score (nSPS) is 42.7. The fourth-order valence-corrected chi connectivity index (χ4v) is 5.32. The molecule has 0 bridgehead atoms. The second kappa shape index (κ2) is 9.46. The van der Waals surface area contributed by atoms with Gasteiger partial charge in [-0.05, 0) is 27.7 Å². The molecule has 4 fully saturated rings. The van der Waals surface area contributed by atoms with Crippen LogP contribution in [0.2, 0.25) is 0 Å². The van der Waals surface area contributed by atoms with E-state index in [9.17, 15) is 14.4 Å². The third kappa shape index (κ3) is 4.85. The molecule has 1 spiro atoms. The lowest BCUT2D eigenvalue weighted by molar-refractivity contribution is -0.364. The number of hydrogen-bond donors (Lipinski definition) is 0. The molecule has 0 unspecified atom stereocenters. The largest absolute Gasteiger partial charge is 0.455 e. The van der Waals surface area contributed by atoms with Gasteiger partial charge >= 0.3 is 17.9 Å². The van der Waals surface area contributed by atoms with Crippen molar-refractivity contribution in [3.8, 4) is 0 Å². The molecule has 13 nitrogen and oxygen atoms in total. The zero-order valence-electron chi connectivity index (χ0n) is 21.6. The minimum atomic E-state index is -1.68. The molecule has 0 aromatic carbocycles. The van der Waals surface area contributed by atoms with E-state index in [4.69, 9.17) is 47.4 Å². The molecular weight excluding hydrogens is 484 g/mol. The van der Waals surface area contributed by atoms with Gasteiger partial charge in [0.15, 0.2) is 48.1 Å². The van der Waals surface area contributed by atoms with Gasteiger partial charge in [0.2, 0.25) is 0 Å². The van der Waals surface area contributed by atoms with Crippen molar-refractivity contribution in [2.45, 2.75) is 115 Å². The fraction of sp³-hybridized carbons (Fsp3) is 0.870. The average Bonchev–Trinajstić information content (AvgIpc) is 3.34. The van der Waals surface area contributed by atoms with Crippen LogP contribution in [0.5, 0.6) is 0 Å². The van der Waals surface area contributed by atoms with Crippen molar-refractivity contribution < 1.29 is 61.8 Å². The van der Waals surface area contributed by atoms with Gasteiger partial charge in [-0.3, -0.25) is 14.4 Å². The lowest BCUT2D eigenvalue weighted by atomic mass is 9.77. The predicted octanol–water partition coefficient (Wildman–Crippen LogP) is 0.551. The van der Waals surface area contributed by atoms with E-state index in [2.05, 4.69) is 0 Å². The van der Waals surface area contributed by atoms with Crippen LogP contribution >= 0.6 is 0 Å². The molecular formula is C23H34O13. The van der Waals surface area contributed by atoms with Crippen molar-refractivity contribution in [2.75, 3.05) is 13.7 Å². The maximum absolute atomic E-state index is 12.4. The predicted molar refractivity (Wildman–Crippen MR) is 115 cm³/mol. The van der Waals surface area contributed by atoms with E-state index in [0.717, 1.165) is 0 Å². The molecule has 4 aliphatic heterocycles. The summed E-state index contributed by atoms with van der Waals surface area (Å²) in [5.41, 5.74) is -1.68. The highest BCUT2D eigenvalue weighted by Crippen LogP contribution is 2.53. The summed E-state index contributed by atoms with van der Waals surface area (Å²) >= 11 is 0. The molecule has 4 rings (SSSR count). The van der Waals surface area contributed by atoms with E-state index < -0.39 is 84.3 Å². The SMILES string of the molecule is CO[C@H]1O[C@]2([C@H](OC(C)=O)[C@@H](OC(C)=O)[C@H]1OC(C)=O)[C@@H]([C@H]1COC(C)(C)O1)O[C@@H]1OC(C)(C)O[C@@H]12. The van der Waals surface area contributed by atoms with Crippen molar-refractivity contribution in [1.82, 2.24) is 0 Å². The number of ether oxygens (including phenoxy) is 10. The average molecular weight is 519 g/mol. The maximum Gasteiger partial charge on any atom is 0.303 e. The maximum atomic E-state index is 12.4. The zero-order valence-corrected chi connectivity index (χ0v) is 21.6. The molecule has 0 amide bonds. The third-order valence-electron chi connectivity index (χ3n) is 6.38. The van der Waals surface area contributed by atoms with E-state index in [1.165, 1.54) is 27.9 Å². The van der Waals surface area contributed by atoms with Gasteiger partial charge < -0.3 is 47.4 Å². The molecule has 0 N–H and O–H groups in total. The topological polar surface area (TPSA) is 144 Å². The molecule has 0 saturated carbocycles. The van der Waals surface area contributed by atoms with E-state index in [0.29, 0.717) is 0 Å². The molecule has 0 radical (unpaired) electrons. The molecule has 4 aliphatic rings. The van der Waals surface area contributed by atoms with E-state index in [1.807, 2.05) is 0 Å². The quantitative estimate of drug-likeness (QED) is 0.369. The number of carbonyl (C=O) groups excluding carboxylic acids is 3. The Kier molecular flexibility index (Phi) is 7.14. The lowest BCUT2D eigenvalue weighted by Crippen LogP contribution is -2.75. The first-order valence-corrected chi connectivity index (χ1v) is 11.7. The molecule has 0 aromatic heterocycles. The Morgan fingerprint density at radius 1 is 0.750 bits per heavy atom. The standard InChI is InChI=1S/C23H34O13/c1-10(24)29-14-15(30-11(2)25)19(27-8)36-23(17(14)31-12(3)26)16(13-9-28-21(4,5)33-13)32-20-18(23)34-22(6,7)35-20/h13-20H,9H2,1-8H3/t13-,14+,15-,16-,17-,18+,19+,20-,23+/m1/s1. The smallest absolute Gasteiger partial charge is 0.303 e. The number of carbonyl (C=O) groups is 3. The van der Waals surface area contributed by atoms with Crippen LogP contribution in [-0.2, 0) is 61.8 Å². The van der Waals surface area contributed by atoms with Gasteiger partial charge in [-0.1, -0.05) is 0 Å². The van der Waals surface area contributed by atoms with Crippen molar-refractivity contribution in [3.63, 3.8) is 0 Å². The van der Waals surface area contributed by atoms with E-state index in [1.54, 1.807) is 27.7 Å². The molecule has 204 valence electrons. The van der Waals surface area contributed by atoms with Gasteiger partial charge in [0.1, 0.15) is 18.3 Å². The summed E-state index contributed by atoms with van der Waals surface area (Å²) in [6, 6.07) is 0.